The maximum absolute atomic E-state index is 14.0. The van der Waals surface area contributed by atoms with Crippen LogP contribution in [-0.4, -0.2) is 62.1 Å². The molecule has 1 heterocycles. The van der Waals surface area contributed by atoms with E-state index < -0.39 is 5.54 Å². The third-order valence-electron chi connectivity index (χ3n) is 7.02. The van der Waals surface area contributed by atoms with Crippen LogP contribution < -0.4 is 14.2 Å². The predicted octanol–water partition coefficient (Wildman–Crippen LogP) is 6.15. The van der Waals surface area contributed by atoms with E-state index >= 15 is 0 Å². The smallest absolute Gasteiger partial charge is 0.273 e. The Morgan fingerprint density at radius 1 is 1.10 bits per heavy atom. The topological polar surface area (TPSA) is 69.6 Å². The first-order valence-electron chi connectivity index (χ1n) is 13.6. The molecule has 2 aromatic carbocycles. The van der Waals surface area contributed by atoms with E-state index in [-0.39, 0.29) is 12.0 Å². The van der Waals surface area contributed by atoms with Gasteiger partial charge < -0.3 is 23.8 Å². The Kier molecular flexibility index (Phi) is 10.2. The molecular formula is C32H44N2O5. The van der Waals surface area contributed by atoms with Gasteiger partial charge in [0.2, 0.25) is 0 Å². The fraction of sp³-hybridized carbons (Fsp3) is 0.500. The van der Waals surface area contributed by atoms with E-state index in [0.29, 0.717) is 37.6 Å². The van der Waals surface area contributed by atoms with Gasteiger partial charge in [0.05, 0.1) is 39.1 Å². The Hall–Kier alpha value is -3.32. The first kappa shape index (κ1) is 30.2. The lowest BCUT2D eigenvalue weighted by molar-refractivity contribution is -0.142. The molecule has 0 aromatic heterocycles. The number of aryl methyl sites for hydroxylation is 2. The fourth-order valence-corrected chi connectivity index (χ4v) is 4.69. The first-order valence-corrected chi connectivity index (χ1v) is 13.6. The van der Waals surface area contributed by atoms with E-state index in [1.807, 2.05) is 82.8 Å². The van der Waals surface area contributed by atoms with Crippen molar-refractivity contribution < 1.29 is 23.7 Å². The standard InChI is InChI=1S/C32H44N2O5/c1-21(2)39-29-17-23(4)25(19-28(29)37-9)14-13-22(3)30(31(35)34-15-16-38-20-32(34,6)7)33-24(5)26-11-10-12-27(18-26)36-8/h10-12,17-19,21H,13-16,20H2,1-9H3/b30-22+,33-24?. The van der Waals surface area contributed by atoms with Crippen LogP contribution in [-0.2, 0) is 16.0 Å². The molecule has 1 fully saturated rings. The van der Waals surface area contributed by atoms with Gasteiger partial charge in [-0.15, -0.1) is 0 Å². The zero-order valence-electron chi connectivity index (χ0n) is 25.0. The monoisotopic (exact) mass is 536 g/mol. The maximum Gasteiger partial charge on any atom is 0.273 e. The van der Waals surface area contributed by atoms with Crippen molar-refractivity contribution in [3.8, 4) is 17.2 Å². The summed E-state index contributed by atoms with van der Waals surface area (Å²) in [5.74, 6) is 2.13. The van der Waals surface area contributed by atoms with Crippen molar-refractivity contribution in [2.45, 2.75) is 73.0 Å². The SMILES string of the molecule is COc1cccc(C(C)=N/C(C(=O)N2CCOCC2(C)C)=C(\C)CCc2cc(OC)c(OC(C)C)cc2C)c1. The summed E-state index contributed by atoms with van der Waals surface area (Å²) in [6.45, 7) is 15.6. The molecule has 1 saturated heterocycles. The number of nitrogens with zero attached hydrogens (tertiary/aromatic N) is 2. The molecule has 0 spiro atoms. The fourth-order valence-electron chi connectivity index (χ4n) is 4.69. The van der Waals surface area contributed by atoms with Crippen molar-refractivity contribution in [2.24, 2.45) is 4.99 Å². The number of aliphatic imine (C=N–C) groups is 1. The van der Waals surface area contributed by atoms with Crippen molar-refractivity contribution in [3.63, 3.8) is 0 Å². The number of benzene rings is 2. The van der Waals surface area contributed by atoms with Gasteiger partial charge in [0, 0.05) is 12.3 Å². The van der Waals surface area contributed by atoms with Gasteiger partial charge in [-0.1, -0.05) is 12.1 Å². The summed E-state index contributed by atoms with van der Waals surface area (Å²) in [6, 6.07) is 11.8. The predicted molar refractivity (Wildman–Crippen MR) is 156 cm³/mol. The number of ether oxygens (including phenoxy) is 4. The van der Waals surface area contributed by atoms with Gasteiger partial charge in [0.1, 0.15) is 11.4 Å². The zero-order valence-corrected chi connectivity index (χ0v) is 25.0. The normalized spacial score (nSPS) is 16.2. The van der Waals surface area contributed by atoms with Crippen LogP contribution in [0.1, 0.15) is 64.7 Å². The van der Waals surface area contributed by atoms with Gasteiger partial charge in [0.15, 0.2) is 11.5 Å². The first-order chi connectivity index (χ1) is 18.5. The number of amides is 1. The maximum atomic E-state index is 14.0. The summed E-state index contributed by atoms with van der Waals surface area (Å²) < 4.78 is 22.6. The minimum absolute atomic E-state index is 0.0537. The largest absolute Gasteiger partial charge is 0.497 e. The number of methoxy groups -OCH3 is 2. The molecule has 0 aliphatic carbocycles. The highest BCUT2D eigenvalue weighted by molar-refractivity contribution is 6.04. The van der Waals surface area contributed by atoms with Gasteiger partial charge in [-0.3, -0.25) is 4.79 Å². The minimum Gasteiger partial charge on any atom is -0.497 e. The van der Waals surface area contributed by atoms with Crippen molar-refractivity contribution in [2.75, 3.05) is 34.0 Å². The highest BCUT2D eigenvalue weighted by Gasteiger charge is 2.36. The number of carbonyl (C=O) groups is 1. The Morgan fingerprint density at radius 2 is 1.85 bits per heavy atom. The number of morpholine rings is 1. The Bertz CT molecular complexity index is 1230. The molecule has 212 valence electrons. The molecule has 7 heteroatoms. The summed E-state index contributed by atoms with van der Waals surface area (Å²) in [5, 5.41) is 0. The van der Waals surface area contributed by atoms with E-state index in [4.69, 9.17) is 23.9 Å². The molecular weight excluding hydrogens is 492 g/mol. The van der Waals surface area contributed by atoms with E-state index in [0.717, 1.165) is 45.9 Å². The lowest BCUT2D eigenvalue weighted by Gasteiger charge is -2.42. The number of hydrogen-bond donors (Lipinski definition) is 0. The molecule has 1 aliphatic heterocycles. The average molecular weight is 537 g/mol. The minimum atomic E-state index is -0.420. The van der Waals surface area contributed by atoms with Gasteiger partial charge >= 0.3 is 0 Å². The molecule has 3 rings (SSSR count). The molecule has 1 amide bonds. The highest BCUT2D eigenvalue weighted by Crippen LogP contribution is 2.33. The second-order valence-corrected chi connectivity index (χ2v) is 11.0. The molecule has 2 aromatic rings. The molecule has 39 heavy (non-hydrogen) atoms. The van der Waals surface area contributed by atoms with Gasteiger partial charge in [0.25, 0.3) is 5.91 Å². The van der Waals surface area contributed by atoms with Crippen molar-refractivity contribution in [1.82, 2.24) is 4.90 Å². The van der Waals surface area contributed by atoms with Crippen LogP contribution in [0.15, 0.2) is 52.7 Å². The van der Waals surface area contributed by atoms with Crippen molar-refractivity contribution in [1.29, 1.82) is 0 Å². The molecule has 0 atom stereocenters. The number of rotatable bonds is 10. The summed E-state index contributed by atoms with van der Waals surface area (Å²) in [4.78, 5) is 20.9. The van der Waals surface area contributed by atoms with Crippen LogP contribution in [0.2, 0.25) is 0 Å². The van der Waals surface area contributed by atoms with Gasteiger partial charge in [-0.25, -0.2) is 4.99 Å². The molecule has 7 nitrogen and oxygen atoms in total. The van der Waals surface area contributed by atoms with Crippen LogP contribution in [0.25, 0.3) is 0 Å². The summed E-state index contributed by atoms with van der Waals surface area (Å²) in [7, 11) is 3.30. The van der Waals surface area contributed by atoms with Gasteiger partial charge in [-0.2, -0.15) is 0 Å². The highest BCUT2D eigenvalue weighted by atomic mass is 16.5. The molecule has 0 unspecified atom stereocenters. The average Bonchev–Trinajstić information content (AvgIpc) is 2.90. The number of hydrogen-bond acceptors (Lipinski definition) is 6. The number of carbonyl (C=O) groups excluding carboxylic acids is 1. The zero-order chi connectivity index (χ0) is 28.7. The van der Waals surface area contributed by atoms with Crippen LogP contribution in [0.4, 0.5) is 0 Å². The third-order valence-corrected chi connectivity index (χ3v) is 7.02. The van der Waals surface area contributed by atoms with Crippen molar-refractivity contribution in [3.05, 3.63) is 64.4 Å². The molecule has 1 aliphatic rings. The number of allylic oxidation sites excluding steroid dienone is 1. The van der Waals surface area contributed by atoms with E-state index in [9.17, 15) is 4.79 Å². The molecule has 0 bridgehead atoms. The van der Waals surface area contributed by atoms with Crippen LogP contribution in [0.3, 0.4) is 0 Å². The van der Waals surface area contributed by atoms with Gasteiger partial charge in [-0.05, 0) is 108 Å². The van der Waals surface area contributed by atoms with Crippen LogP contribution >= 0.6 is 0 Å². The molecule has 0 N–H and O–H groups in total. The Balaban J connectivity index is 1.99. The Labute approximate surface area is 233 Å². The van der Waals surface area contributed by atoms with Crippen LogP contribution in [0, 0.1) is 6.92 Å². The van der Waals surface area contributed by atoms with Crippen molar-refractivity contribution >= 4 is 11.6 Å². The quantitative estimate of drug-likeness (QED) is 0.269. The van der Waals surface area contributed by atoms with E-state index in [1.165, 1.54) is 0 Å². The summed E-state index contributed by atoms with van der Waals surface area (Å²) in [5.41, 5.74) is 4.94. The summed E-state index contributed by atoms with van der Waals surface area (Å²) in [6.07, 6.45) is 1.47. The lowest BCUT2D eigenvalue weighted by Crippen LogP contribution is -2.55. The van der Waals surface area contributed by atoms with Crippen LogP contribution in [0.5, 0.6) is 17.2 Å². The van der Waals surface area contributed by atoms with E-state index in [1.54, 1.807) is 14.2 Å². The molecule has 0 saturated carbocycles. The Morgan fingerprint density at radius 3 is 2.49 bits per heavy atom. The summed E-state index contributed by atoms with van der Waals surface area (Å²) >= 11 is 0. The third kappa shape index (κ3) is 7.63. The second-order valence-electron chi connectivity index (χ2n) is 11.0. The van der Waals surface area contributed by atoms with E-state index in [2.05, 4.69) is 6.92 Å². The second kappa shape index (κ2) is 13.2. The molecule has 0 radical (unpaired) electrons. The lowest BCUT2D eigenvalue weighted by atomic mass is 9.97.